The van der Waals surface area contributed by atoms with E-state index in [1.807, 2.05) is 18.4 Å². The maximum absolute atomic E-state index is 13.1. The van der Waals surface area contributed by atoms with E-state index in [0.717, 1.165) is 0 Å². The Morgan fingerprint density at radius 2 is 1.86 bits per heavy atom. The number of nitrogens with zero attached hydrogens (tertiary/aromatic N) is 3. The highest BCUT2D eigenvalue weighted by molar-refractivity contribution is 7.99. The van der Waals surface area contributed by atoms with Gasteiger partial charge in [-0.3, -0.25) is 9.59 Å². The summed E-state index contributed by atoms with van der Waals surface area (Å²) < 4.78 is 1.83. The molecular formula is C25H25Cl4N5O2S. The Bertz CT molecular complexity index is 1300. The van der Waals surface area contributed by atoms with Crippen LogP contribution in [0.25, 0.3) is 0 Å². The minimum atomic E-state index is -0.458. The van der Waals surface area contributed by atoms with Crippen molar-refractivity contribution in [2.45, 2.75) is 38.0 Å². The van der Waals surface area contributed by atoms with Crippen molar-refractivity contribution >= 4 is 75.7 Å². The Balaban J connectivity index is 1.79. The van der Waals surface area contributed by atoms with Crippen molar-refractivity contribution in [3.8, 4) is 0 Å². The van der Waals surface area contributed by atoms with Crippen LogP contribution < -0.4 is 10.6 Å². The molecule has 0 aliphatic carbocycles. The minimum absolute atomic E-state index is 0.0553. The highest BCUT2D eigenvalue weighted by atomic mass is 35.5. The van der Waals surface area contributed by atoms with Gasteiger partial charge in [-0.1, -0.05) is 84.2 Å². The van der Waals surface area contributed by atoms with Crippen LogP contribution in [-0.4, -0.2) is 32.3 Å². The number of rotatable bonds is 11. The van der Waals surface area contributed by atoms with Crippen molar-refractivity contribution in [1.29, 1.82) is 0 Å². The van der Waals surface area contributed by atoms with E-state index in [1.165, 1.54) is 17.8 Å². The SMILES string of the molecule is C=CCn1c(SCC(=O)Nc2cccc(Cl)c2Cl)nnc1[C@H](CC(C)C)NC(=O)c1ccc(Cl)cc1Cl. The van der Waals surface area contributed by atoms with Crippen LogP contribution in [0.5, 0.6) is 0 Å². The molecule has 196 valence electrons. The zero-order valence-electron chi connectivity index (χ0n) is 20.1. The van der Waals surface area contributed by atoms with Crippen molar-refractivity contribution in [1.82, 2.24) is 20.1 Å². The maximum atomic E-state index is 13.1. The quantitative estimate of drug-likeness (QED) is 0.178. The molecule has 1 atom stereocenters. The molecule has 0 radical (unpaired) electrons. The van der Waals surface area contributed by atoms with Gasteiger partial charge in [0.1, 0.15) is 0 Å². The topological polar surface area (TPSA) is 88.9 Å². The number of carbonyl (C=O) groups excluding carboxylic acids is 2. The minimum Gasteiger partial charge on any atom is -0.342 e. The molecular weight excluding hydrogens is 576 g/mol. The molecule has 1 heterocycles. The normalized spacial score (nSPS) is 11.9. The second-order valence-corrected chi connectivity index (χ2v) is 11.0. The summed E-state index contributed by atoms with van der Waals surface area (Å²) in [7, 11) is 0. The molecule has 0 unspecified atom stereocenters. The number of aromatic nitrogens is 3. The van der Waals surface area contributed by atoms with E-state index in [2.05, 4.69) is 27.4 Å². The molecule has 2 aromatic carbocycles. The average Bonchev–Trinajstić information content (AvgIpc) is 3.22. The lowest BCUT2D eigenvalue weighted by Gasteiger charge is -2.21. The van der Waals surface area contributed by atoms with E-state index >= 15 is 0 Å². The fraction of sp³-hybridized carbons (Fsp3) is 0.280. The molecule has 0 spiro atoms. The number of hydrogen-bond donors (Lipinski definition) is 2. The first kappa shape index (κ1) is 29.3. The first-order valence-electron chi connectivity index (χ1n) is 11.3. The molecule has 0 bridgehead atoms. The largest absolute Gasteiger partial charge is 0.342 e. The van der Waals surface area contributed by atoms with E-state index in [-0.39, 0.29) is 33.5 Å². The van der Waals surface area contributed by atoms with E-state index in [9.17, 15) is 9.59 Å². The molecule has 0 aliphatic rings. The number of amides is 2. The van der Waals surface area contributed by atoms with Gasteiger partial charge in [0.15, 0.2) is 11.0 Å². The Hall–Kier alpha value is -2.23. The van der Waals surface area contributed by atoms with Crippen LogP contribution in [-0.2, 0) is 11.3 Å². The first-order chi connectivity index (χ1) is 17.6. The molecule has 0 fully saturated rings. The van der Waals surface area contributed by atoms with Crippen molar-refractivity contribution in [3.05, 3.63) is 80.5 Å². The number of halogens is 4. The van der Waals surface area contributed by atoms with E-state index < -0.39 is 6.04 Å². The van der Waals surface area contributed by atoms with Crippen molar-refractivity contribution < 1.29 is 9.59 Å². The Kier molecular flexibility index (Phi) is 10.7. The number of hydrogen-bond acceptors (Lipinski definition) is 5. The predicted molar refractivity (Wildman–Crippen MR) is 152 cm³/mol. The lowest BCUT2D eigenvalue weighted by atomic mass is 10.0. The van der Waals surface area contributed by atoms with Crippen LogP contribution in [0.2, 0.25) is 20.1 Å². The number of allylic oxidation sites excluding steroid dienone is 1. The lowest BCUT2D eigenvalue weighted by Crippen LogP contribution is -2.32. The average molecular weight is 601 g/mol. The molecule has 37 heavy (non-hydrogen) atoms. The molecule has 3 rings (SSSR count). The van der Waals surface area contributed by atoms with Gasteiger partial charge in [-0.25, -0.2) is 0 Å². The number of nitrogens with one attached hydrogen (secondary N) is 2. The third kappa shape index (κ3) is 7.88. The molecule has 0 saturated carbocycles. The smallest absolute Gasteiger partial charge is 0.253 e. The molecule has 0 aliphatic heterocycles. The van der Waals surface area contributed by atoms with Crippen LogP contribution in [0.3, 0.4) is 0 Å². The van der Waals surface area contributed by atoms with E-state index in [4.69, 9.17) is 46.4 Å². The standard InChI is InChI=1S/C25H25Cl4N5O2S/c1-4-10-34-23(20(11-14(2)3)31-24(36)16-9-8-15(26)12-18(16)28)32-33-25(34)37-13-21(35)30-19-7-5-6-17(27)22(19)29/h4-9,12,14,20H,1,10-11,13H2,2-3H3,(H,30,35)(H,31,36)/t20-/m0/s1. The van der Waals surface area contributed by atoms with Crippen molar-refractivity contribution in [2.75, 3.05) is 11.1 Å². The van der Waals surface area contributed by atoms with Crippen molar-refractivity contribution in [2.24, 2.45) is 5.92 Å². The van der Waals surface area contributed by atoms with Gasteiger partial charge in [0.2, 0.25) is 5.91 Å². The highest BCUT2D eigenvalue weighted by Crippen LogP contribution is 2.30. The van der Waals surface area contributed by atoms with Crippen LogP contribution in [0.1, 0.15) is 42.5 Å². The van der Waals surface area contributed by atoms with Gasteiger partial charge in [-0.2, -0.15) is 0 Å². The molecule has 3 aromatic rings. The Morgan fingerprint density at radius 1 is 1.11 bits per heavy atom. The number of anilines is 1. The van der Waals surface area contributed by atoms with Crippen LogP contribution >= 0.6 is 58.2 Å². The number of thioether (sulfide) groups is 1. The zero-order chi connectivity index (χ0) is 27.1. The van der Waals surface area contributed by atoms with Crippen LogP contribution in [0, 0.1) is 5.92 Å². The Labute approximate surface area is 239 Å². The summed E-state index contributed by atoms with van der Waals surface area (Å²) in [6.45, 7) is 8.30. The molecule has 2 amide bonds. The third-order valence-corrected chi connectivity index (χ3v) is 7.45. The fourth-order valence-corrected chi connectivity index (χ4v) is 5.09. The molecule has 1 aromatic heterocycles. The van der Waals surface area contributed by atoms with Crippen LogP contribution in [0.15, 0.2) is 54.2 Å². The summed E-state index contributed by atoms with van der Waals surface area (Å²) >= 11 is 25.6. The third-order valence-electron chi connectivity index (χ3n) is 5.12. The van der Waals surface area contributed by atoms with E-state index in [1.54, 1.807) is 36.4 Å². The summed E-state index contributed by atoms with van der Waals surface area (Å²) in [5.74, 6) is 0.206. The molecule has 7 nitrogen and oxygen atoms in total. The Morgan fingerprint density at radius 3 is 2.54 bits per heavy atom. The highest BCUT2D eigenvalue weighted by Gasteiger charge is 2.25. The van der Waals surface area contributed by atoms with Crippen LogP contribution in [0.4, 0.5) is 5.69 Å². The maximum Gasteiger partial charge on any atom is 0.253 e. The van der Waals surface area contributed by atoms with Gasteiger partial charge in [0.25, 0.3) is 5.91 Å². The predicted octanol–water partition coefficient (Wildman–Crippen LogP) is 7.33. The lowest BCUT2D eigenvalue weighted by molar-refractivity contribution is -0.113. The van der Waals surface area contributed by atoms with Gasteiger partial charge in [0.05, 0.1) is 38.1 Å². The van der Waals surface area contributed by atoms with Gasteiger partial charge >= 0.3 is 0 Å². The van der Waals surface area contributed by atoms with Gasteiger partial charge in [-0.15, -0.1) is 16.8 Å². The number of carbonyl (C=O) groups is 2. The summed E-state index contributed by atoms with van der Waals surface area (Å²) in [6.07, 6.45) is 2.30. The number of benzene rings is 2. The second-order valence-electron chi connectivity index (χ2n) is 8.46. The first-order valence-corrected chi connectivity index (χ1v) is 13.8. The molecule has 2 N–H and O–H groups in total. The fourth-order valence-electron chi connectivity index (χ4n) is 3.49. The molecule has 0 saturated heterocycles. The second kappa shape index (κ2) is 13.5. The van der Waals surface area contributed by atoms with Gasteiger partial charge in [0, 0.05) is 11.6 Å². The van der Waals surface area contributed by atoms with Gasteiger partial charge < -0.3 is 15.2 Å². The van der Waals surface area contributed by atoms with Crippen molar-refractivity contribution in [3.63, 3.8) is 0 Å². The summed E-state index contributed by atoms with van der Waals surface area (Å²) in [6, 6.07) is 9.25. The summed E-state index contributed by atoms with van der Waals surface area (Å²) in [4.78, 5) is 25.6. The summed E-state index contributed by atoms with van der Waals surface area (Å²) in [5.41, 5.74) is 0.731. The van der Waals surface area contributed by atoms with Gasteiger partial charge in [-0.05, 0) is 42.7 Å². The monoisotopic (exact) mass is 599 g/mol. The summed E-state index contributed by atoms with van der Waals surface area (Å²) in [5, 5.41) is 16.2. The molecule has 12 heteroatoms. The zero-order valence-corrected chi connectivity index (χ0v) is 23.9. The van der Waals surface area contributed by atoms with E-state index in [0.29, 0.717) is 45.2 Å².